The molecular formula is C17H22FNO. The SMILES string of the molecule is CCC(C)(CC)NCc1ccc(-c2ccc(F)cc2)o1. The minimum Gasteiger partial charge on any atom is -0.460 e. The molecule has 0 fully saturated rings. The molecule has 0 atom stereocenters. The first kappa shape index (κ1) is 14.8. The standard InChI is InChI=1S/C17H22FNO/c1-4-17(3,5-2)19-12-15-10-11-16(20-15)13-6-8-14(18)9-7-13/h6-11,19H,4-5,12H2,1-3H3. The van der Waals surface area contributed by atoms with Gasteiger partial charge in [0.05, 0.1) is 6.54 Å². The zero-order valence-corrected chi connectivity index (χ0v) is 12.4. The van der Waals surface area contributed by atoms with Crippen LogP contribution in [0.4, 0.5) is 4.39 Å². The molecule has 0 saturated carbocycles. The highest BCUT2D eigenvalue weighted by molar-refractivity contribution is 5.57. The summed E-state index contributed by atoms with van der Waals surface area (Å²) in [5.41, 5.74) is 1.04. The molecule has 1 N–H and O–H groups in total. The molecule has 2 nitrogen and oxygen atoms in total. The molecule has 0 bridgehead atoms. The predicted octanol–water partition coefficient (Wildman–Crippen LogP) is 4.75. The van der Waals surface area contributed by atoms with Gasteiger partial charge in [-0.15, -0.1) is 0 Å². The Hall–Kier alpha value is -1.61. The molecule has 1 aromatic carbocycles. The van der Waals surface area contributed by atoms with E-state index < -0.39 is 0 Å². The third-order valence-corrected chi connectivity index (χ3v) is 4.04. The molecule has 1 heterocycles. The van der Waals surface area contributed by atoms with E-state index in [1.807, 2.05) is 12.1 Å². The molecule has 20 heavy (non-hydrogen) atoms. The molecule has 2 aromatic rings. The number of hydrogen-bond acceptors (Lipinski definition) is 2. The van der Waals surface area contributed by atoms with Crippen molar-refractivity contribution in [2.75, 3.05) is 0 Å². The maximum absolute atomic E-state index is 12.9. The van der Waals surface area contributed by atoms with Crippen molar-refractivity contribution in [1.29, 1.82) is 0 Å². The van der Waals surface area contributed by atoms with E-state index in [1.165, 1.54) is 12.1 Å². The topological polar surface area (TPSA) is 25.2 Å². The normalized spacial score (nSPS) is 11.8. The van der Waals surface area contributed by atoms with Crippen LogP contribution in [0.15, 0.2) is 40.8 Å². The Morgan fingerprint density at radius 2 is 1.70 bits per heavy atom. The van der Waals surface area contributed by atoms with Gasteiger partial charge in [-0.2, -0.15) is 0 Å². The van der Waals surface area contributed by atoms with Gasteiger partial charge in [0, 0.05) is 11.1 Å². The van der Waals surface area contributed by atoms with E-state index >= 15 is 0 Å². The number of nitrogens with one attached hydrogen (secondary N) is 1. The molecule has 0 saturated heterocycles. The maximum Gasteiger partial charge on any atom is 0.134 e. The van der Waals surface area contributed by atoms with Crippen molar-refractivity contribution in [2.24, 2.45) is 0 Å². The zero-order chi connectivity index (χ0) is 14.6. The van der Waals surface area contributed by atoms with Gasteiger partial charge in [-0.25, -0.2) is 4.39 Å². The number of furan rings is 1. The summed E-state index contributed by atoms with van der Waals surface area (Å²) in [5.74, 6) is 1.44. The number of halogens is 1. The largest absolute Gasteiger partial charge is 0.460 e. The molecule has 108 valence electrons. The Bertz CT molecular complexity index is 540. The summed E-state index contributed by atoms with van der Waals surface area (Å²) in [6.45, 7) is 7.29. The van der Waals surface area contributed by atoms with Gasteiger partial charge in [0.2, 0.25) is 0 Å². The van der Waals surface area contributed by atoms with E-state index in [-0.39, 0.29) is 11.4 Å². The summed E-state index contributed by atoms with van der Waals surface area (Å²) in [4.78, 5) is 0. The van der Waals surface area contributed by atoms with Crippen LogP contribution in [0.5, 0.6) is 0 Å². The average molecular weight is 275 g/mol. The van der Waals surface area contributed by atoms with E-state index in [4.69, 9.17) is 4.42 Å². The molecular weight excluding hydrogens is 253 g/mol. The highest BCUT2D eigenvalue weighted by Gasteiger charge is 2.18. The fourth-order valence-electron chi connectivity index (χ4n) is 2.04. The third kappa shape index (κ3) is 3.48. The summed E-state index contributed by atoms with van der Waals surface area (Å²) < 4.78 is 18.7. The molecule has 0 spiro atoms. The van der Waals surface area contributed by atoms with Crippen molar-refractivity contribution < 1.29 is 8.81 Å². The Balaban J connectivity index is 2.04. The molecule has 0 aliphatic carbocycles. The Kier molecular flexibility index (Phi) is 4.61. The lowest BCUT2D eigenvalue weighted by Gasteiger charge is -2.27. The van der Waals surface area contributed by atoms with Gasteiger partial charge in [-0.3, -0.25) is 0 Å². The summed E-state index contributed by atoms with van der Waals surface area (Å²) in [6.07, 6.45) is 2.16. The summed E-state index contributed by atoms with van der Waals surface area (Å²) >= 11 is 0. The smallest absolute Gasteiger partial charge is 0.134 e. The highest BCUT2D eigenvalue weighted by atomic mass is 19.1. The van der Waals surface area contributed by atoms with Crippen LogP contribution in [0.1, 0.15) is 39.4 Å². The van der Waals surface area contributed by atoms with Crippen molar-refractivity contribution in [2.45, 2.75) is 45.7 Å². The molecule has 3 heteroatoms. The number of benzene rings is 1. The fourth-order valence-corrected chi connectivity index (χ4v) is 2.04. The van der Waals surface area contributed by atoms with Gasteiger partial charge in [-0.05, 0) is 56.2 Å². The minimum atomic E-state index is -0.233. The minimum absolute atomic E-state index is 0.142. The summed E-state index contributed by atoms with van der Waals surface area (Å²) in [6, 6.07) is 10.3. The maximum atomic E-state index is 12.9. The second-order valence-electron chi connectivity index (χ2n) is 5.39. The van der Waals surface area contributed by atoms with Crippen molar-refractivity contribution in [3.63, 3.8) is 0 Å². The van der Waals surface area contributed by atoms with Crippen LogP contribution in [-0.2, 0) is 6.54 Å². The third-order valence-electron chi connectivity index (χ3n) is 4.04. The highest BCUT2D eigenvalue weighted by Crippen LogP contribution is 2.23. The Morgan fingerprint density at radius 1 is 1.05 bits per heavy atom. The van der Waals surface area contributed by atoms with Gasteiger partial charge in [0.1, 0.15) is 17.3 Å². The van der Waals surface area contributed by atoms with Crippen molar-refractivity contribution in [3.8, 4) is 11.3 Å². The van der Waals surface area contributed by atoms with Crippen LogP contribution in [-0.4, -0.2) is 5.54 Å². The Morgan fingerprint density at radius 3 is 2.30 bits per heavy atom. The second kappa shape index (κ2) is 6.23. The molecule has 1 aromatic heterocycles. The molecule has 0 unspecified atom stereocenters. The molecule has 0 aliphatic rings. The van der Waals surface area contributed by atoms with Crippen molar-refractivity contribution >= 4 is 0 Å². The van der Waals surface area contributed by atoms with Gasteiger partial charge >= 0.3 is 0 Å². The van der Waals surface area contributed by atoms with Crippen LogP contribution < -0.4 is 5.32 Å². The van der Waals surface area contributed by atoms with E-state index in [1.54, 1.807) is 12.1 Å². The quantitative estimate of drug-likeness (QED) is 0.822. The molecule has 0 amide bonds. The Labute approximate surface area is 120 Å². The van der Waals surface area contributed by atoms with E-state index in [0.717, 1.165) is 29.9 Å². The van der Waals surface area contributed by atoms with Crippen molar-refractivity contribution in [3.05, 3.63) is 48.0 Å². The van der Waals surface area contributed by atoms with Crippen LogP contribution in [0.2, 0.25) is 0 Å². The molecule has 0 radical (unpaired) electrons. The summed E-state index contributed by atoms with van der Waals surface area (Å²) in [7, 11) is 0. The predicted molar refractivity (Wildman–Crippen MR) is 79.9 cm³/mol. The average Bonchev–Trinajstić information content (AvgIpc) is 2.94. The monoisotopic (exact) mass is 275 g/mol. The zero-order valence-electron chi connectivity index (χ0n) is 12.4. The number of rotatable bonds is 6. The first-order valence-electron chi connectivity index (χ1n) is 7.16. The van der Waals surface area contributed by atoms with E-state index in [2.05, 4.69) is 26.1 Å². The van der Waals surface area contributed by atoms with E-state index in [0.29, 0.717) is 6.54 Å². The first-order valence-corrected chi connectivity index (χ1v) is 7.16. The molecule has 0 aliphatic heterocycles. The van der Waals surface area contributed by atoms with Gasteiger partial charge < -0.3 is 9.73 Å². The molecule has 2 rings (SSSR count). The van der Waals surface area contributed by atoms with Gasteiger partial charge in [0.15, 0.2) is 0 Å². The fraction of sp³-hybridized carbons (Fsp3) is 0.412. The summed E-state index contributed by atoms with van der Waals surface area (Å²) in [5, 5.41) is 3.53. The van der Waals surface area contributed by atoms with Crippen LogP contribution in [0, 0.1) is 5.82 Å². The van der Waals surface area contributed by atoms with Gasteiger partial charge in [0.25, 0.3) is 0 Å². The first-order chi connectivity index (χ1) is 9.56. The van der Waals surface area contributed by atoms with Crippen molar-refractivity contribution in [1.82, 2.24) is 5.32 Å². The number of hydrogen-bond donors (Lipinski definition) is 1. The lowest BCUT2D eigenvalue weighted by molar-refractivity contribution is 0.315. The van der Waals surface area contributed by atoms with E-state index in [9.17, 15) is 4.39 Å². The van der Waals surface area contributed by atoms with Crippen LogP contribution >= 0.6 is 0 Å². The lowest BCUT2D eigenvalue weighted by Crippen LogP contribution is -2.40. The van der Waals surface area contributed by atoms with Crippen LogP contribution in [0.25, 0.3) is 11.3 Å². The lowest BCUT2D eigenvalue weighted by atomic mass is 9.95. The van der Waals surface area contributed by atoms with Crippen LogP contribution in [0.3, 0.4) is 0 Å². The second-order valence-corrected chi connectivity index (χ2v) is 5.39. The van der Waals surface area contributed by atoms with Gasteiger partial charge in [-0.1, -0.05) is 13.8 Å².